The molecule has 2 N–H and O–H groups in total. The number of fused-ring (bicyclic) bond motifs is 1. The van der Waals surface area contributed by atoms with Crippen LogP contribution >= 0.6 is 0 Å². The molecule has 1 fully saturated rings. The maximum absolute atomic E-state index is 13.0. The Morgan fingerprint density at radius 3 is 2.65 bits per heavy atom. The number of nitrogens with zero attached hydrogens (tertiary/aromatic N) is 4. The highest BCUT2D eigenvalue weighted by Crippen LogP contribution is 2.26. The van der Waals surface area contributed by atoms with E-state index >= 15 is 0 Å². The number of carbonyl (C=O) groups is 1. The third-order valence-corrected chi connectivity index (χ3v) is 4.41. The zero-order chi connectivity index (χ0) is 16.7. The Labute approximate surface area is 136 Å². The smallest absolute Gasteiger partial charge is 0.254 e. The zero-order valence-corrected chi connectivity index (χ0v) is 14.3. The summed E-state index contributed by atoms with van der Waals surface area (Å²) in [5, 5.41) is 5.27. The van der Waals surface area contributed by atoms with Crippen molar-refractivity contribution in [3.8, 4) is 0 Å². The Hall–Kier alpha value is -1.95. The van der Waals surface area contributed by atoms with Crippen LogP contribution in [0.3, 0.4) is 0 Å². The van der Waals surface area contributed by atoms with Crippen molar-refractivity contribution >= 4 is 16.9 Å². The van der Waals surface area contributed by atoms with Gasteiger partial charge in [-0.3, -0.25) is 4.79 Å². The monoisotopic (exact) mass is 315 g/mol. The van der Waals surface area contributed by atoms with E-state index in [0.29, 0.717) is 12.1 Å². The van der Waals surface area contributed by atoms with Crippen molar-refractivity contribution in [3.63, 3.8) is 0 Å². The summed E-state index contributed by atoms with van der Waals surface area (Å²) < 4.78 is 1.88. The van der Waals surface area contributed by atoms with Gasteiger partial charge >= 0.3 is 0 Å². The highest BCUT2D eigenvalue weighted by molar-refractivity contribution is 6.05. The van der Waals surface area contributed by atoms with E-state index in [1.807, 2.05) is 15.6 Å². The SMILES string of the molecule is CC(C)c1cc(C(=O)N2CCC(N)C2)c2cnn(C(C)C)c2n1. The topological polar surface area (TPSA) is 77.0 Å². The van der Waals surface area contributed by atoms with E-state index in [9.17, 15) is 4.79 Å². The largest absolute Gasteiger partial charge is 0.337 e. The number of hydrogen-bond donors (Lipinski definition) is 1. The lowest BCUT2D eigenvalue weighted by molar-refractivity contribution is 0.0792. The maximum Gasteiger partial charge on any atom is 0.254 e. The highest BCUT2D eigenvalue weighted by atomic mass is 16.2. The molecule has 6 nitrogen and oxygen atoms in total. The lowest BCUT2D eigenvalue weighted by Crippen LogP contribution is -2.32. The van der Waals surface area contributed by atoms with Crippen LogP contribution in [0.25, 0.3) is 11.0 Å². The van der Waals surface area contributed by atoms with Crippen molar-refractivity contribution < 1.29 is 4.79 Å². The van der Waals surface area contributed by atoms with Gasteiger partial charge in [0, 0.05) is 30.9 Å². The molecule has 2 aromatic heterocycles. The number of nitrogens with two attached hydrogens (primary N) is 1. The fourth-order valence-electron chi connectivity index (χ4n) is 3.03. The number of hydrogen-bond acceptors (Lipinski definition) is 4. The molecule has 3 rings (SSSR count). The van der Waals surface area contributed by atoms with Crippen molar-refractivity contribution in [2.45, 2.75) is 52.1 Å². The summed E-state index contributed by atoms with van der Waals surface area (Å²) in [6.45, 7) is 9.65. The third kappa shape index (κ3) is 2.83. The second kappa shape index (κ2) is 5.92. The van der Waals surface area contributed by atoms with Crippen molar-refractivity contribution in [2.24, 2.45) is 5.73 Å². The second-order valence-electron chi connectivity index (χ2n) is 6.97. The Morgan fingerprint density at radius 2 is 2.09 bits per heavy atom. The number of rotatable bonds is 3. The van der Waals surface area contributed by atoms with E-state index in [2.05, 4.69) is 32.8 Å². The first-order chi connectivity index (χ1) is 10.9. The van der Waals surface area contributed by atoms with Crippen LogP contribution < -0.4 is 5.73 Å². The molecule has 0 radical (unpaired) electrons. The van der Waals surface area contributed by atoms with Gasteiger partial charge in [0.25, 0.3) is 5.91 Å². The molecule has 1 atom stereocenters. The predicted molar refractivity (Wildman–Crippen MR) is 90.5 cm³/mol. The van der Waals surface area contributed by atoms with Gasteiger partial charge in [0.05, 0.1) is 17.1 Å². The summed E-state index contributed by atoms with van der Waals surface area (Å²) >= 11 is 0. The summed E-state index contributed by atoms with van der Waals surface area (Å²) in [6, 6.07) is 2.20. The molecule has 1 amide bonds. The quantitative estimate of drug-likeness (QED) is 0.943. The number of carbonyl (C=O) groups excluding carboxylic acids is 1. The van der Waals surface area contributed by atoms with E-state index in [1.165, 1.54) is 0 Å². The molecule has 1 saturated heterocycles. The van der Waals surface area contributed by atoms with Crippen LogP contribution in [-0.4, -0.2) is 44.7 Å². The van der Waals surface area contributed by atoms with Gasteiger partial charge in [-0.15, -0.1) is 0 Å². The Bertz CT molecular complexity index is 734. The van der Waals surface area contributed by atoms with E-state index in [4.69, 9.17) is 10.7 Å². The first kappa shape index (κ1) is 15.9. The van der Waals surface area contributed by atoms with Gasteiger partial charge in [-0.2, -0.15) is 5.10 Å². The Kier molecular flexibility index (Phi) is 4.10. The lowest BCUT2D eigenvalue weighted by atomic mass is 10.0. The molecule has 0 spiro atoms. The molecule has 0 aromatic carbocycles. The normalized spacial score (nSPS) is 18.6. The Balaban J connectivity index is 2.13. The van der Waals surface area contributed by atoms with Gasteiger partial charge in [0.2, 0.25) is 0 Å². The molecular weight excluding hydrogens is 290 g/mol. The van der Waals surface area contributed by atoms with Crippen LogP contribution in [0.15, 0.2) is 12.3 Å². The van der Waals surface area contributed by atoms with E-state index in [-0.39, 0.29) is 23.9 Å². The van der Waals surface area contributed by atoms with Crippen molar-refractivity contribution in [1.82, 2.24) is 19.7 Å². The first-order valence-electron chi connectivity index (χ1n) is 8.31. The van der Waals surface area contributed by atoms with E-state index < -0.39 is 0 Å². The lowest BCUT2D eigenvalue weighted by Gasteiger charge is -2.18. The molecule has 1 aliphatic rings. The zero-order valence-electron chi connectivity index (χ0n) is 14.3. The predicted octanol–water partition coefficient (Wildman–Crippen LogP) is 2.31. The van der Waals surface area contributed by atoms with Crippen LogP contribution in [0.2, 0.25) is 0 Å². The third-order valence-electron chi connectivity index (χ3n) is 4.41. The van der Waals surface area contributed by atoms with E-state index in [0.717, 1.165) is 29.7 Å². The summed E-state index contributed by atoms with van der Waals surface area (Å²) in [5.41, 5.74) is 8.36. The average molecular weight is 315 g/mol. The molecule has 23 heavy (non-hydrogen) atoms. The van der Waals surface area contributed by atoms with Crippen molar-refractivity contribution in [1.29, 1.82) is 0 Å². The fraction of sp³-hybridized carbons (Fsp3) is 0.588. The minimum absolute atomic E-state index is 0.0376. The highest BCUT2D eigenvalue weighted by Gasteiger charge is 2.27. The standard InChI is InChI=1S/C17H25N5O/c1-10(2)15-7-13(17(23)21-6-5-12(18)9-21)14-8-19-22(11(3)4)16(14)20-15/h7-8,10-12H,5-6,9,18H2,1-4H3. The number of pyridine rings is 1. The van der Waals surface area contributed by atoms with Crippen molar-refractivity contribution in [3.05, 3.63) is 23.5 Å². The summed E-state index contributed by atoms with van der Waals surface area (Å²) in [7, 11) is 0. The number of amides is 1. The van der Waals surface area contributed by atoms with Gasteiger partial charge in [-0.1, -0.05) is 13.8 Å². The minimum Gasteiger partial charge on any atom is -0.337 e. The molecule has 1 aliphatic heterocycles. The van der Waals surface area contributed by atoms with Gasteiger partial charge in [0.1, 0.15) is 0 Å². The second-order valence-corrected chi connectivity index (χ2v) is 6.97. The van der Waals surface area contributed by atoms with Crippen molar-refractivity contribution in [2.75, 3.05) is 13.1 Å². The van der Waals surface area contributed by atoms with Crippen LogP contribution in [0.1, 0.15) is 62.1 Å². The maximum atomic E-state index is 13.0. The molecule has 3 heterocycles. The molecule has 2 aromatic rings. The average Bonchev–Trinajstić information content (AvgIpc) is 3.11. The molecule has 1 unspecified atom stereocenters. The summed E-state index contributed by atoms with van der Waals surface area (Å²) in [6.07, 6.45) is 2.62. The molecular formula is C17H25N5O. The Morgan fingerprint density at radius 1 is 1.35 bits per heavy atom. The molecule has 0 bridgehead atoms. The van der Waals surface area contributed by atoms with Crippen LogP contribution in [-0.2, 0) is 0 Å². The van der Waals surface area contributed by atoms with Gasteiger partial charge < -0.3 is 10.6 Å². The number of likely N-dealkylation sites (tertiary alicyclic amines) is 1. The van der Waals surface area contributed by atoms with Crippen LogP contribution in [0.5, 0.6) is 0 Å². The number of aromatic nitrogens is 3. The van der Waals surface area contributed by atoms with Gasteiger partial charge in [-0.05, 0) is 32.3 Å². The van der Waals surface area contributed by atoms with Gasteiger partial charge in [-0.25, -0.2) is 9.67 Å². The summed E-state index contributed by atoms with van der Waals surface area (Å²) in [5.74, 6) is 0.290. The molecule has 6 heteroatoms. The van der Waals surface area contributed by atoms with Gasteiger partial charge in [0.15, 0.2) is 5.65 Å². The minimum atomic E-state index is 0.0376. The fourth-order valence-corrected chi connectivity index (χ4v) is 3.03. The first-order valence-corrected chi connectivity index (χ1v) is 8.31. The molecule has 124 valence electrons. The van der Waals surface area contributed by atoms with Crippen LogP contribution in [0.4, 0.5) is 0 Å². The molecule has 0 aliphatic carbocycles. The van der Waals surface area contributed by atoms with E-state index in [1.54, 1.807) is 6.20 Å². The van der Waals surface area contributed by atoms with Crippen LogP contribution in [0, 0.1) is 0 Å². The molecule has 0 saturated carbocycles. The summed E-state index contributed by atoms with van der Waals surface area (Å²) in [4.78, 5) is 19.6.